The highest BCUT2D eigenvalue weighted by Gasteiger charge is 2.27. The van der Waals surface area contributed by atoms with E-state index in [1.807, 2.05) is 11.8 Å². The molecule has 0 N–H and O–H groups in total. The van der Waals surface area contributed by atoms with Crippen LogP contribution in [0.25, 0.3) is 0 Å². The second-order valence-corrected chi connectivity index (χ2v) is 8.67. The summed E-state index contributed by atoms with van der Waals surface area (Å²) in [5.41, 5.74) is 7.80. The number of hydrogen-bond donors (Lipinski definition) is 0. The zero-order valence-corrected chi connectivity index (χ0v) is 17.0. The molecule has 3 aromatic rings. The maximum atomic E-state index is 5.15. The van der Waals surface area contributed by atoms with E-state index in [0.717, 1.165) is 11.5 Å². The standard InChI is InChI=1S/C25H25NS/c1-17-4-10-20(11-5-17)23-16-24(21-12-6-18(2)7-13-21)27-25(26-23)22-14-8-19(3)9-15-22/h4-15,23-24H,16H2,1-3H3/t23-,24+/m0/s1. The van der Waals surface area contributed by atoms with Gasteiger partial charge < -0.3 is 0 Å². The molecular weight excluding hydrogens is 346 g/mol. The van der Waals surface area contributed by atoms with Crippen molar-refractivity contribution in [2.75, 3.05) is 0 Å². The summed E-state index contributed by atoms with van der Waals surface area (Å²) in [6.07, 6.45) is 1.03. The van der Waals surface area contributed by atoms with Crippen LogP contribution in [0.5, 0.6) is 0 Å². The fourth-order valence-electron chi connectivity index (χ4n) is 3.43. The smallest absolute Gasteiger partial charge is 0.0990 e. The van der Waals surface area contributed by atoms with Gasteiger partial charge in [-0.15, -0.1) is 0 Å². The molecule has 0 saturated carbocycles. The van der Waals surface area contributed by atoms with Crippen molar-refractivity contribution in [3.05, 3.63) is 106 Å². The lowest BCUT2D eigenvalue weighted by atomic mass is 9.97. The van der Waals surface area contributed by atoms with E-state index in [1.165, 1.54) is 33.4 Å². The molecule has 0 amide bonds. The van der Waals surface area contributed by atoms with Gasteiger partial charge in [0.15, 0.2) is 0 Å². The van der Waals surface area contributed by atoms with Gasteiger partial charge >= 0.3 is 0 Å². The summed E-state index contributed by atoms with van der Waals surface area (Å²) < 4.78 is 0. The van der Waals surface area contributed by atoms with Crippen LogP contribution >= 0.6 is 11.8 Å². The number of rotatable bonds is 3. The fraction of sp³-hybridized carbons (Fsp3) is 0.240. The van der Waals surface area contributed by atoms with E-state index in [-0.39, 0.29) is 6.04 Å². The van der Waals surface area contributed by atoms with E-state index in [2.05, 4.69) is 93.6 Å². The van der Waals surface area contributed by atoms with Crippen LogP contribution in [0.2, 0.25) is 0 Å². The largest absolute Gasteiger partial charge is 0.270 e. The van der Waals surface area contributed by atoms with Crippen molar-refractivity contribution in [1.82, 2.24) is 0 Å². The van der Waals surface area contributed by atoms with Crippen molar-refractivity contribution in [1.29, 1.82) is 0 Å². The predicted molar refractivity (Wildman–Crippen MR) is 118 cm³/mol. The molecule has 0 aliphatic carbocycles. The molecule has 1 nitrogen and oxygen atoms in total. The molecule has 1 heterocycles. The first-order valence-electron chi connectivity index (χ1n) is 9.53. The van der Waals surface area contributed by atoms with Crippen LogP contribution in [0.15, 0.2) is 77.8 Å². The minimum atomic E-state index is 0.203. The third-order valence-electron chi connectivity index (χ3n) is 5.17. The van der Waals surface area contributed by atoms with Crippen LogP contribution in [-0.4, -0.2) is 5.04 Å². The van der Waals surface area contributed by atoms with Crippen molar-refractivity contribution in [2.45, 2.75) is 38.5 Å². The second kappa shape index (κ2) is 7.74. The van der Waals surface area contributed by atoms with Crippen LogP contribution < -0.4 is 0 Å². The molecule has 2 atom stereocenters. The summed E-state index contributed by atoms with van der Waals surface area (Å²) in [5, 5.41) is 1.57. The number of benzene rings is 3. The number of thioether (sulfide) groups is 1. The molecule has 0 bridgehead atoms. The lowest BCUT2D eigenvalue weighted by molar-refractivity contribution is 0.640. The second-order valence-electron chi connectivity index (χ2n) is 7.48. The zero-order valence-electron chi connectivity index (χ0n) is 16.1. The molecule has 2 heteroatoms. The van der Waals surface area contributed by atoms with E-state index >= 15 is 0 Å². The number of hydrogen-bond acceptors (Lipinski definition) is 2. The van der Waals surface area contributed by atoms with E-state index < -0.39 is 0 Å². The van der Waals surface area contributed by atoms with Gasteiger partial charge in [-0.1, -0.05) is 101 Å². The Morgan fingerprint density at radius 2 is 1.15 bits per heavy atom. The zero-order chi connectivity index (χ0) is 18.8. The molecule has 0 fully saturated rings. The molecule has 0 unspecified atom stereocenters. The molecule has 0 spiro atoms. The Morgan fingerprint density at radius 3 is 1.70 bits per heavy atom. The van der Waals surface area contributed by atoms with Crippen molar-refractivity contribution >= 4 is 16.8 Å². The Balaban J connectivity index is 1.72. The maximum absolute atomic E-state index is 5.15. The van der Waals surface area contributed by atoms with Gasteiger partial charge in [0.1, 0.15) is 0 Å². The number of nitrogens with zero attached hydrogens (tertiary/aromatic N) is 1. The van der Waals surface area contributed by atoms with Gasteiger partial charge in [0, 0.05) is 10.8 Å². The van der Waals surface area contributed by atoms with Gasteiger partial charge in [0.25, 0.3) is 0 Å². The average Bonchev–Trinajstić information content (AvgIpc) is 2.69. The topological polar surface area (TPSA) is 12.4 Å². The molecule has 27 heavy (non-hydrogen) atoms. The minimum Gasteiger partial charge on any atom is -0.270 e. The van der Waals surface area contributed by atoms with E-state index in [1.54, 1.807) is 0 Å². The number of aliphatic imine (C=N–C) groups is 1. The minimum absolute atomic E-state index is 0.203. The Hall–Kier alpha value is -2.32. The highest BCUT2D eigenvalue weighted by molar-refractivity contribution is 8.14. The predicted octanol–water partition coefficient (Wildman–Crippen LogP) is 6.98. The highest BCUT2D eigenvalue weighted by atomic mass is 32.2. The normalized spacial score (nSPS) is 19.6. The molecule has 4 rings (SSSR count). The van der Waals surface area contributed by atoms with Crippen molar-refractivity contribution < 1.29 is 0 Å². The first-order valence-corrected chi connectivity index (χ1v) is 10.4. The van der Waals surface area contributed by atoms with Gasteiger partial charge in [0.2, 0.25) is 0 Å². The molecule has 136 valence electrons. The van der Waals surface area contributed by atoms with Crippen molar-refractivity contribution in [2.24, 2.45) is 4.99 Å². The van der Waals surface area contributed by atoms with Gasteiger partial charge in [0.05, 0.1) is 11.1 Å². The van der Waals surface area contributed by atoms with E-state index in [4.69, 9.17) is 4.99 Å². The Kier molecular flexibility index (Phi) is 5.18. The lowest BCUT2D eigenvalue weighted by Gasteiger charge is -2.28. The van der Waals surface area contributed by atoms with Gasteiger partial charge in [-0.25, -0.2) is 0 Å². The van der Waals surface area contributed by atoms with Gasteiger partial charge in [-0.3, -0.25) is 4.99 Å². The third kappa shape index (κ3) is 4.17. The third-order valence-corrected chi connectivity index (χ3v) is 6.49. The Morgan fingerprint density at radius 1 is 0.667 bits per heavy atom. The summed E-state index contributed by atoms with van der Waals surface area (Å²) in [4.78, 5) is 5.15. The summed E-state index contributed by atoms with van der Waals surface area (Å²) in [5.74, 6) is 0. The van der Waals surface area contributed by atoms with Crippen LogP contribution in [0.1, 0.15) is 51.1 Å². The summed E-state index contributed by atoms with van der Waals surface area (Å²) >= 11 is 1.90. The molecule has 3 aromatic carbocycles. The van der Waals surface area contributed by atoms with Crippen LogP contribution in [0.4, 0.5) is 0 Å². The van der Waals surface area contributed by atoms with Crippen molar-refractivity contribution in [3.63, 3.8) is 0 Å². The summed E-state index contributed by atoms with van der Waals surface area (Å²) in [6, 6.07) is 26.8. The maximum Gasteiger partial charge on any atom is 0.0990 e. The average molecular weight is 372 g/mol. The fourth-order valence-corrected chi connectivity index (χ4v) is 4.73. The SMILES string of the molecule is Cc1ccc(C2=N[C@H](c3ccc(C)cc3)C[C@H](c3ccc(C)cc3)S2)cc1. The van der Waals surface area contributed by atoms with Crippen LogP contribution in [0, 0.1) is 20.8 Å². The first kappa shape index (κ1) is 18.1. The quantitative estimate of drug-likeness (QED) is 0.484. The number of aryl methyl sites for hydroxylation is 3. The Bertz CT molecular complexity index is 937. The molecule has 0 aromatic heterocycles. The van der Waals surface area contributed by atoms with E-state index in [9.17, 15) is 0 Å². The summed E-state index contributed by atoms with van der Waals surface area (Å²) in [7, 11) is 0. The molecular formula is C25H25NS. The Labute approximate surface area is 166 Å². The molecule has 0 saturated heterocycles. The van der Waals surface area contributed by atoms with Crippen LogP contribution in [-0.2, 0) is 0 Å². The van der Waals surface area contributed by atoms with Gasteiger partial charge in [-0.2, -0.15) is 0 Å². The molecule has 0 radical (unpaired) electrons. The lowest BCUT2D eigenvalue weighted by Crippen LogP contribution is -2.14. The van der Waals surface area contributed by atoms with E-state index in [0.29, 0.717) is 5.25 Å². The molecule has 1 aliphatic heterocycles. The highest BCUT2D eigenvalue weighted by Crippen LogP contribution is 2.45. The van der Waals surface area contributed by atoms with Gasteiger partial charge in [-0.05, 0) is 38.3 Å². The van der Waals surface area contributed by atoms with Crippen molar-refractivity contribution in [3.8, 4) is 0 Å². The summed E-state index contributed by atoms with van der Waals surface area (Å²) in [6.45, 7) is 6.41. The first-order chi connectivity index (χ1) is 13.1. The molecule has 1 aliphatic rings. The van der Waals surface area contributed by atoms with Crippen LogP contribution in [0.3, 0.4) is 0 Å². The monoisotopic (exact) mass is 371 g/mol.